The maximum Gasteiger partial charge on any atom is 0.122 e. The highest BCUT2D eigenvalue weighted by molar-refractivity contribution is 6.33. The molecule has 2 atom stereocenters. The number of rotatable bonds is 2. The number of nitrogen functional groups attached to an aromatic ring is 1. The van der Waals surface area contributed by atoms with Gasteiger partial charge in [-0.25, -0.2) is 0 Å². The summed E-state index contributed by atoms with van der Waals surface area (Å²) in [5, 5.41) is 8.19. The summed E-state index contributed by atoms with van der Waals surface area (Å²) in [6.07, 6.45) is 6.65. The molecule has 19 heavy (non-hydrogen) atoms. The van der Waals surface area contributed by atoms with Gasteiger partial charge in [0.25, 0.3) is 0 Å². The molecule has 1 aromatic rings. The van der Waals surface area contributed by atoms with Crippen LogP contribution in [0, 0.1) is 11.3 Å². The second-order valence-corrected chi connectivity index (χ2v) is 6.08. The summed E-state index contributed by atoms with van der Waals surface area (Å²) in [5.74, 6) is 0.919. The average Bonchev–Trinajstić information content (AvgIpc) is 2.82. The van der Waals surface area contributed by atoms with Crippen molar-refractivity contribution in [3.63, 3.8) is 0 Å². The van der Waals surface area contributed by atoms with E-state index in [0.717, 1.165) is 23.2 Å². The molecule has 102 valence electrons. The van der Waals surface area contributed by atoms with Crippen LogP contribution in [-0.4, -0.2) is 18.4 Å². The normalized spacial score (nSPS) is 26.3. The maximum absolute atomic E-state index is 7.46. The largest absolute Gasteiger partial charge is 0.384 e. The molecule has 0 bridgehead atoms. The number of nitrogens with zero attached hydrogens (tertiary/aromatic N) is 1. The second-order valence-electron chi connectivity index (χ2n) is 5.67. The van der Waals surface area contributed by atoms with Gasteiger partial charge in [0.15, 0.2) is 0 Å². The van der Waals surface area contributed by atoms with Crippen LogP contribution in [0.25, 0.3) is 0 Å². The van der Waals surface area contributed by atoms with Crippen molar-refractivity contribution in [2.45, 2.75) is 38.1 Å². The van der Waals surface area contributed by atoms with Crippen molar-refractivity contribution in [3.8, 4) is 0 Å². The standard InChI is InChI=1S/C15H20ClN3/c16-12-9-11(15(17)18)5-6-14(12)19-8-7-10-3-1-2-4-13(10)19/h5-6,9-10,13H,1-4,7-8H2,(H3,17,18). The number of hydrogen-bond acceptors (Lipinski definition) is 2. The van der Waals surface area contributed by atoms with E-state index in [1.54, 1.807) is 0 Å². The Bertz CT molecular complexity index is 500. The molecule has 4 heteroatoms. The van der Waals surface area contributed by atoms with Crippen LogP contribution >= 0.6 is 11.6 Å². The predicted molar refractivity (Wildman–Crippen MR) is 80.2 cm³/mol. The fourth-order valence-corrected chi connectivity index (χ4v) is 3.90. The zero-order valence-electron chi connectivity index (χ0n) is 11.0. The first-order chi connectivity index (χ1) is 9.16. The van der Waals surface area contributed by atoms with Crippen molar-refractivity contribution in [1.82, 2.24) is 0 Å². The summed E-state index contributed by atoms with van der Waals surface area (Å²) >= 11 is 6.39. The molecule has 1 aromatic carbocycles. The summed E-state index contributed by atoms with van der Waals surface area (Å²) in [6.45, 7) is 1.11. The number of hydrogen-bond donors (Lipinski definition) is 2. The molecule has 3 rings (SSSR count). The molecule has 2 fully saturated rings. The van der Waals surface area contributed by atoms with E-state index in [1.807, 2.05) is 18.2 Å². The number of benzene rings is 1. The van der Waals surface area contributed by atoms with Gasteiger partial charge in [-0.2, -0.15) is 0 Å². The minimum atomic E-state index is 0.0745. The summed E-state index contributed by atoms with van der Waals surface area (Å²) in [7, 11) is 0. The lowest BCUT2D eigenvalue weighted by Crippen LogP contribution is -2.34. The number of halogens is 1. The SMILES string of the molecule is N=C(N)c1ccc(N2CCC3CCCCC32)c(Cl)c1. The van der Waals surface area contributed by atoms with E-state index in [-0.39, 0.29) is 5.84 Å². The highest BCUT2D eigenvalue weighted by atomic mass is 35.5. The molecule has 3 nitrogen and oxygen atoms in total. The minimum absolute atomic E-state index is 0.0745. The van der Waals surface area contributed by atoms with Gasteiger partial charge >= 0.3 is 0 Å². The summed E-state index contributed by atoms with van der Waals surface area (Å²) in [6, 6.07) is 6.40. The van der Waals surface area contributed by atoms with Gasteiger partial charge in [-0.05, 0) is 43.4 Å². The summed E-state index contributed by atoms with van der Waals surface area (Å²) in [4.78, 5) is 2.47. The van der Waals surface area contributed by atoms with E-state index in [0.29, 0.717) is 11.6 Å². The van der Waals surface area contributed by atoms with Crippen molar-refractivity contribution >= 4 is 23.1 Å². The molecule has 1 saturated carbocycles. The Labute approximate surface area is 119 Å². The Hall–Kier alpha value is -1.22. The maximum atomic E-state index is 7.46. The van der Waals surface area contributed by atoms with Crippen LogP contribution in [0.4, 0.5) is 5.69 Å². The first-order valence-electron chi connectivity index (χ1n) is 7.07. The number of nitrogens with one attached hydrogen (secondary N) is 1. The smallest absolute Gasteiger partial charge is 0.122 e. The molecule has 2 unspecified atom stereocenters. The molecule has 2 aliphatic rings. The van der Waals surface area contributed by atoms with Crippen LogP contribution in [0.1, 0.15) is 37.7 Å². The monoisotopic (exact) mass is 277 g/mol. The summed E-state index contributed by atoms with van der Waals surface area (Å²) < 4.78 is 0. The van der Waals surface area contributed by atoms with Gasteiger partial charge in [0.2, 0.25) is 0 Å². The molecule has 0 aromatic heterocycles. The van der Waals surface area contributed by atoms with Gasteiger partial charge in [0, 0.05) is 18.2 Å². The third kappa shape index (κ3) is 2.32. The molecule has 1 heterocycles. The van der Waals surface area contributed by atoms with Crippen LogP contribution in [0.5, 0.6) is 0 Å². The Morgan fingerprint density at radius 1 is 1.26 bits per heavy atom. The molecule has 3 N–H and O–H groups in total. The first kappa shape index (κ1) is 12.8. The minimum Gasteiger partial charge on any atom is -0.384 e. The average molecular weight is 278 g/mol. The van der Waals surface area contributed by atoms with Crippen LogP contribution in [0.15, 0.2) is 18.2 Å². The fourth-order valence-electron chi connectivity index (χ4n) is 3.61. The zero-order valence-corrected chi connectivity index (χ0v) is 11.8. The third-order valence-corrected chi connectivity index (χ3v) is 4.88. The van der Waals surface area contributed by atoms with E-state index >= 15 is 0 Å². The van der Waals surface area contributed by atoms with E-state index in [4.69, 9.17) is 22.7 Å². The number of fused-ring (bicyclic) bond motifs is 1. The van der Waals surface area contributed by atoms with Crippen molar-refractivity contribution in [2.75, 3.05) is 11.4 Å². The van der Waals surface area contributed by atoms with E-state index in [1.165, 1.54) is 32.1 Å². The fraction of sp³-hybridized carbons (Fsp3) is 0.533. The van der Waals surface area contributed by atoms with Crippen molar-refractivity contribution < 1.29 is 0 Å². The van der Waals surface area contributed by atoms with Gasteiger partial charge in [0.05, 0.1) is 10.7 Å². The Morgan fingerprint density at radius 3 is 2.79 bits per heavy atom. The van der Waals surface area contributed by atoms with Gasteiger partial charge in [-0.3, -0.25) is 5.41 Å². The molecular formula is C15H20ClN3. The third-order valence-electron chi connectivity index (χ3n) is 4.58. The van der Waals surface area contributed by atoms with Gasteiger partial charge in [-0.1, -0.05) is 24.4 Å². The van der Waals surface area contributed by atoms with Gasteiger partial charge in [-0.15, -0.1) is 0 Å². The number of anilines is 1. The number of nitrogens with two attached hydrogens (primary N) is 1. The molecule has 1 saturated heterocycles. The van der Waals surface area contributed by atoms with Crippen molar-refractivity contribution in [2.24, 2.45) is 11.7 Å². The number of amidine groups is 1. The quantitative estimate of drug-likeness (QED) is 0.643. The zero-order chi connectivity index (χ0) is 13.4. The molecule has 0 amide bonds. The van der Waals surface area contributed by atoms with Crippen molar-refractivity contribution in [3.05, 3.63) is 28.8 Å². The van der Waals surface area contributed by atoms with Crippen LogP contribution in [-0.2, 0) is 0 Å². The van der Waals surface area contributed by atoms with E-state index < -0.39 is 0 Å². The van der Waals surface area contributed by atoms with Crippen LogP contribution < -0.4 is 10.6 Å². The first-order valence-corrected chi connectivity index (χ1v) is 7.45. The Kier molecular flexibility index (Phi) is 3.40. The van der Waals surface area contributed by atoms with Crippen LogP contribution in [0.2, 0.25) is 5.02 Å². The lowest BCUT2D eigenvalue weighted by molar-refractivity contribution is 0.342. The molecule has 1 aliphatic carbocycles. The topological polar surface area (TPSA) is 53.1 Å². The Morgan fingerprint density at radius 2 is 2.05 bits per heavy atom. The molecule has 1 aliphatic heterocycles. The van der Waals surface area contributed by atoms with Crippen molar-refractivity contribution in [1.29, 1.82) is 5.41 Å². The second kappa shape index (κ2) is 5.04. The predicted octanol–water partition coefficient (Wildman–Crippen LogP) is 3.39. The Balaban J connectivity index is 1.88. The lowest BCUT2D eigenvalue weighted by atomic mass is 9.85. The van der Waals surface area contributed by atoms with E-state index in [9.17, 15) is 0 Å². The lowest BCUT2D eigenvalue weighted by Gasteiger charge is -2.33. The van der Waals surface area contributed by atoms with E-state index in [2.05, 4.69) is 4.90 Å². The highest BCUT2D eigenvalue weighted by Crippen LogP contribution is 2.41. The summed E-state index contributed by atoms with van der Waals surface area (Å²) in [5.41, 5.74) is 7.32. The highest BCUT2D eigenvalue weighted by Gasteiger charge is 2.36. The van der Waals surface area contributed by atoms with Crippen LogP contribution in [0.3, 0.4) is 0 Å². The molecule has 0 radical (unpaired) electrons. The molecular weight excluding hydrogens is 258 g/mol. The van der Waals surface area contributed by atoms with Gasteiger partial charge < -0.3 is 10.6 Å². The molecule has 0 spiro atoms. The van der Waals surface area contributed by atoms with Gasteiger partial charge in [0.1, 0.15) is 5.84 Å².